The minimum absolute atomic E-state index is 0.0193. The third kappa shape index (κ3) is 4.09. The molecule has 0 amide bonds. The molecule has 0 saturated heterocycles. The molecule has 0 N–H and O–H groups in total. The zero-order valence-electron chi connectivity index (χ0n) is 13.5. The first-order valence-electron chi connectivity index (χ1n) is 7.15. The van der Waals surface area contributed by atoms with E-state index in [9.17, 15) is 19.3 Å². The number of esters is 1. The Bertz CT molecular complexity index is 875. The van der Waals surface area contributed by atoms with Crippen molar-refractivity contribution in [3.05, 3.63) is 69.0 Å². The van der Waals surface area contributed by atoms with Gasteiger partial charge in [0.05, 0.1) is 22.1 Å². The smallest absolute Gasteiger partial charge is 0.338 e. The number of nitrogens with zero attached hydrogens (tertiary/aromatic N) is 3. The van der Waals surface area contributed by atoms with Gasteiger partial charge in [-0.05, 0) is 30.3 Å². The van der Waals surface area contributed by atoms with Gasteiger partial charge in [0.15, 0.2) is 0 Å². The largest absolute Gasteiger partial charge is 0.457 e. The first-order valence-corrected chi connectivity index (χ1v) is 7.15. The second kappa shape index (κ2) is 7.40. The lowest BCUT2D eigenvalue weighted by atomic mass is 10.1. The zero-order chi connectivity index (χ0) is 18.6. The lowest BCUT2D eigenvalue weighted by Crippen LogP contribution is -2.12. The second-order valence-corrected chi connectivity index (χ2v) is 5.35. The van der Waals surface area contributed by atoms with Crippen LogP contribution in [-0.2, 0) is 11.3 Å². The Balaban J connectivity index is 2.20. The number of carbonyl (C=O) groups is 1. The van der Waals surface area contributed by atoms with Crippen LogP contribution in [0.3, 0.4) is 0 Å². The fourth-order valence-electron chi connectivity index (χ4n) is 2.16. The number of carbonyl (C=O) groups excluding carboxylic acids is 1. The summed E-state index contributed by atoms with van der Waals surface area (Å²) >= 11 is 0. The number of anilines is 1. The van der Waals surface area contributed by atoms with E-state index >= 15 is 0 Å². The highest BCUT2D eigenvalue weighted by Gasteiger charge is 2.20. The van der Waals surface area contributed by atoms with Gasteiger partial charge in [0.25, 0.3) is 5.69 Å². The number of nitro benzene ring substituents is 1. The average Bonchev–Trinajstić information content (AvgIpc) is 2.60. The molecule has 0 aliphatic rings. The second-order valence-electron chi connectivity index (χ2n) is 5.35. The average molecular weight is 343 g/mol. The van der Waals surface area contributed by atoms with E-state index in [0.29, 0.717) is 5.69 Å². The highest BCUT2D eigenvalue weighted by molar-refractivity contribution is 5.91. The van der Waals surface area contributed by atoms with Gasteiger partial charge in [0, 0.05) is 25.7 Å². The molecule has 0 saturated carbocycles. The standard InChI is InChI=1S/C17H14FN3O4/c1-20(2)15-6-4-12(8-16(15)21(23)24)17(22)25-10-13-7-11(9-19)3-5-14(13)18/h3-8H,10H2,1-2H3. The van der Waals surface area contributed by atoms with E-state index in [1.807, 2.05) is 6.07 Å². The minimum Gasteiger partial charge on any atom is -0.457 e. The predicted octanol–water partition coefficient (Wildman–Crippen LogP) is 3.03. The van der Waals surface area contributed by atoms with Gasteiger partial charge in [0.2, 0.25) is 0 Å². The SMILES string of the molecule is CN(C)c1ccc(C(=O)OCc2cc(C#N)ccc2F)cc1[N+](=O)[O-]. The van der Waals surface area contributed by atoms with E-state index in [2.05, 4.69) is 0 Å². The van der Waals surface area contributed by atoms with Crippen LogP contribution in [0.4, 0.5) is 15.8 Å². The molecule has 0 spiro atoms. The topological polar surface area (TPSA) is 96.5 Å². The predicted molar refractivity (Wildman–Crippen MR) is 87.7 cm³/mol. The first kappa shape index (κ1) is 17.9. The number of hydrogen-bond donors (Lipinski definition) is 0. The van der Waals surface area contributed by atoms with E-state index in [1.165, 1.54) is 24.3 Å². The molecule has 2 aromatic rings. The normalized spacial score (nSPS) is 10.0. The van der Waals surface area contributed by atoms with Crippen molar-refractivity contribution in [2.24, 2.45) is 0 Å². The van der Waals surface area contributed by atoms with E-state index in [-0.39, 0.29) is 29.0 Å². The number of nitro groups is 1. The monoisotopic (exact) mass is 343 g/mol. The molecule has 0 aliphatic heterocycles. The fraction of sp³-hybridized carbons (Fsp3) is 0.176. The Kier molecular flexibility index (Phi) is 5.29. The first-order chi connectivity index (χ1) is 11.8. The van der Waals surface area contributed by atoms with Crippen molar-refractivity contribution in [1.82, 2.24) is 0 Å². The Morgan fingerprint density at radius 2 is 2.04 bits per heavy atom. The van der Waals surface area contributed by atoms with Gasteiger partial charge in [-0.25, -0.2) is 9.18 Å². The maximum Gasteiger partial charge on any atom is 0.338 e. The Morgan fingerprint density at radius 1 is 1.32 bits per heavy atom. The molecule has 0 radical (unpaired) electrons. The third-order valence-corrected chi connectivity index (χ3v) is 3.42. The molecule has 0 atom stereocenters. The molecule has 25 heavy (non-hydrogen) atoms. The molecule has 0 bridgehead atoms. The van der Waals surface area contributed by atoms with Crippen molar-refractivity contribution >= 4 is 17.3 Å². The third-order valence-electron chi connectivity index (χ3n) is 3.42. The summed E-state index contributed by atoms with van der Waals surface area (Å²) in [4.78, 5) is 24.2. The Hall–Kier alpha value is -3.47. The number of nitriles is 1. The van der Waals surface area contributed by atoms with E-state index < -0.39 is 16.7 Å². The molecule has 0 fully saturated rings. The molecular weight excluding hydrogens is 329 g/mol. The minimum atomic E-state index is -0.824. The van der Waals surface area contributed by atoms with Gasteiger partial charge in [0.1, 0.15) is 18.1 Å². The van der Waals surface area contributed by atoms with Crippen molar-refractivity contribution in [3.8, 4) is 6.07 Å². The molecular formula is C17H14FN3O4. The molecule has 2 aromatic carbocycles. The summed E-state index contributed by atoms with van der Waals surface area (Å²) in [5, 5.41) is 20.0. The fourth-order valence-corrected chi connectivity index (χ4v) is 2.16. The molecule has 0 aliphatic carbocycles. The number of benzene rings is 2. The summed E-state index contributed by atoms with van der Waals surface area (Å²) in [7, 11) is 3.29. The van der Waals surface area contributed by atoms with Crippen LogP contribution in [0, 0.1) is 27.3 Å². The summed E-state index contributed by atoms with van der Waals surface area (Å²) < 4.78 is 18.7. The molecule has 0 unspecified atom stereocenters. The van der Waals surface area contributed by atoms with Crippen LogP contribution in [-0.4, -0.2) is 25.0 Å². The maximum atomic E-state index is 13.7. The van der Waals surface area contributed by atoms with Crippen LogP contribution in [0.15, 0.2) is 36.4 Å². The van der Waals surface area contributed by atoms with Gasteiger partial charge in [-0.3, -0.25) is 10.1 Å². The van der Waals surface area contributed by atoms with Crippen LogP contribution >= 0.6 is 0 Å². The van der Waals surface area contributed by atoms with Crippen molar-refractivity contribution in [2.75, 3.05) is 19.0 Å². The van der Waals surface area contributed by atoms with Crippen LogP contribution in [0.5, 0.6) is 0 Å². The van der Waals surface area contributed by atoms with Crippen LogP contribution in [0.25, 0.3) is 0 Å². The maximum absolute atomic E-state index is 13.7. The van der Waals surface area contributed by atoms with Gasteiger partial charge >= 0.3 is 5.97 Å². The van der Waals surface area contributed by atoms with E-state index in [0.717, 1.165) is 12.1 Å². The molecule has 8 heteroatoms. The number of rotatable bonds is 5. The zero-order valence-corrected chi connectivity index (χ0v) is 13.5. The molecule has 0 heterocycles. The Morgan fingerprint density at radius 3 is 2.64 bits per heavy atom. The highest BCUT2D eigenvalue weighted by Crippen LogP contribution is 2.28. The molecule has 128 valence electrons. The number of ether oxygens (including phenoxy) is 1. The quantitative estimate of drug-likeness (QED) is 0.470. The summed E-state index contributed by atoms with van der Waals surface area (Å²) in [5.74, 6) is -1.43. The van der Waals surface area contributed by atoms with Crippen molar-refractivity contribution in [2.45, 2.75) is 6.61 Å². The lowest BCUT2D eigenvalue weighted by Gasteiger charge is -2.13. The van der Waals surface area contributed by atoms with Crippen molar-refractivity contribution in [3.63, 3.8) is 0 Å². The number of halogens is 1. The molecule has 0 aromatic heterocycles. The Labute approximate surface area is 143 Å². The van der Waals surface area contributed by atoms with Crippen molar-refractivity contribution in [1.29, 1.82) is 5.26 Å². The van der Waals surface area contributed by atoms with Gasteiger partial charge in [-0.1, -0.05) is 0 Å². The van der Waals surface area contributed by atoms with Crippen LogP contribution in [0.2, 0.25) is 0 Å². The summed E-state index contributed by atoms with van der Waals surface area (Å²) in [6.45, 7) is -0.385. The van der Waals surface area contributed by atoms with E-state index in [1.54, 1.807) is 19.0 Å². The van der Waals surface area contributed by atoms with Crippen LogP contribution < -0.4 is 4.90 Å². The summed E-state index contributed by atoms with van der Waals surface area (Å²) in [6.07, 6.45) is 0. The van der Waals surface area contributed by atoms with Crippen molar-refractivity contribution < 1.29 is 18.8 Å². The van der Waals surface area contributed by atoms with Gasteiger partial charge in [-0.15, -0.1) is 0 Å². The highest BCUT2D eigenvalue weighted by atomic mass is 19.1. The molecule has 7 nitrogen and oxygen atoms in total. The van der Waals surface area contributed by atoms with E-state index in [4.69, 9.17) is 10.00 Å². The summed E-state index contributed by atoms with van der Waals surface area (Å²) in [6, 6.07) is 9.50. The van der Waals surface area contributed by atoms with Crippen LogP contribution in [0.1, 0.15) is 21.5 Å². The van der Waals surface area contributed by atoms with Gasteiger partial charge in [-0.2, -0.15) is 5.26 Å². The van der Waals surface area contributed by atoms with Gasteiger partial charge < -0.3 is 9.64 Å². The summed E-state index contributed by atoms with van der Waals surface area (Å²) in [5.41, 5.74) is 0.366. The molecule has 2 rings (SSSR count). The number of hydrogen-bond acceptors (Lipinski definition) is 6. The lowest BCUT2D eigenvalue weighted by molar-refractivity contribution is -0.384.